The molecular weight excluding hydrogens is 1240 g/mol. The second-order valence-electron chi connectivity index (χ2n) is 27.2. The SMILES string of the molecule is Cc1cn(CCCCCC(=O)NCC23CC4(CNC(=O)c5c(OCc6ccccc6)c(=O)ccn5CC(O)CO)C[C@](CCC(=O)c5c(OCc6ccccc6)c(=O)ccn5CC(O)CO)(C2)C[C@](CCC(=O)c2c(OCc5ccccc5)c(=O)ccn2CC(O)CO)(C3)C4)nn1. The first-order valence-electron chi connectivity index (χ1n) is 33.3. The Kier molecular flexibility index (Phi) is 23.4. The quantitative estimate of drug-likeness (QED) is 0.0173. The van der Waals surface area contributed by atoms with E-state index in [0.29, 0.717) is 57.1 Å². The number of nitrogens with zero attached hydrogens (tertiary/aromatic N) is 6. The number of carbonyl (C=O) groups is 4. The Morgan fingerprint density at radius 3 is 1.28 bits per heavy atom. The molecule has 0 radical (unpaired) electrons. The van der Waals surface area contributed by atoms with Crippen LogP contribution >= 0.6 is 0 Å². The zero-order valence-electron chi connectivity index (χ0n) is 54.8. The fourth-order valence-electron chi connectivity index (χ4n) is 15.8. The van der Waals surface area contributed by atoms with Crippen molar-refractivity contribution in [2.24, 2.45) is 21.7 Å². The average Bonchev–Trinajstić information content (AvgIpc) is 0.819. The Bertz CT molecular complexity index is 3680. The molecule has 4 aliphatic rings. The Labute approximate surface area is 561 Å². The zero-order valence-corrected chi connectivity index (χ0v) is 54.8. The highest BCUT2D eigenvalue weighted by Crippen LogP contribution is 2.75. The first-order valence-corrected chi connectivity index (χ1v) is 33.3. The van der Waals surface area contributed by atoms with Gasteiger partial charge in [0.25, 0.3) is 5.91 Å². The van der Waals surface area contributed by atoms with Crippen LogP contribution in [0.4, 0.5) is 0 Å². The minimum Gasteiger partial charge on any atom is -0.483 e. The molecule has 5 unspecified atom stereocenters. The lowest BCUT2D eigenvalue weighted by Crippen LogP contribution is -2.65. The fourth-order valence-corrected chi connectivity index (χ4v) is 15.8. The number of aromatic nitrogens is 6. The van der Waals surface area contributed by atoms with E-state index in [-0.39, 0.29) is 125 Å². The average molecular weight is 1330 g/mol. The summed E-state index contributed by atoms with van der Waals surface area (Å²) in [6, 6.07) is 30.9. The van der Waals surface area contributed by atoms with Gasteiger partial charge in [0.15, 0.2) is 34.5 Å². The van der Waals surface area contributed by atoms with E-state index in [1.807, 2.05) is 79.9 Å². The topological polar surface area (TPSA) is 338 Å². The number of Topliss-reactive ketones (excluding diaryl/α,β-unsaturated/α-hetero) is 2. The van der Waals surface area contributed by atoms with Crippen molar-refractivity contribution in [3.05, 3.63) is 204 Å². The number of benzene rings is 3. The second-order valence-corrected chi connectivity index (χ2v) is 27.2. The number of aliphatic hydroxyl groups excluding tert-OH is 6. The van der Waals surface area contributed by atoms with Gasteiger partial charge in [0.1, 0.15) is 31.2 Å². The van der Waals surface area contributed by atoms with E-state index in [2.05, 4.69) is 20.9 Å². The number of amides is 2. The van der Waals surface area contributed by atoms with Crippen molar-refractivity contribution in [3.8, 4) is 17.2 Å². The van der Waals surface area contributed by atoms with Crippen LogP contribution in [-0.2, 0) is 50.8 Å². The van der Waals surface area contributed by atoms with E-state index in [0.717, 1.165) is 29.7 Å². The molecule has 2 amide bonds. The number of rotatable bonds is 37. The van der Waals surface area contributed by atoms with Crippen molar-refractivity contribution in [2.45, 2.75) is 161 Å². The van der Waals surface area contributed by atoms with E-state index in [1.54, 1.807) is 28.9 Å². The summed E-state index contributed by atoms with van der Waals surface area (Å²) in [4.78, 5) is 102. The van der Waals surface area contributed by atoms with Crippen LogP contribution < -0.4 is 41.1 Å². The highest BCUT2D eigenvalue weighted by atomic mass is 16.5. The third-order valence-electron chi connectivity index (χ3n) is 19.2. The molecule has 8 N–H and O–H groups in total. The van der Waals surface area contributed by atoms with Crippen LogP contribution in [0.15, 0.2) is 148 Å². The molecule has 7 atom stereocenters. The summed E-state index contributed by atoms with van der Waals surface area (Å²) in [7, 11) is 0. The molecular formula is C73H88N8O16. The molecule has 0 saturated heterocycles. The van der Waals surface area contributed by atoms with Gasteiger partial charge in [0.2, 0.25) is 22.2 Å². The molecule has 4 saturated carbocycles. The Balaban J connectivity index is 1.04. The summed E-state index contributed by atoms with van der Waals surface area (Å²) in [5.74, 6) is -2.62. The Morgan fingerprint density at radius 1 is 0.495 bits per heavy atom. The Morgan fingerprint density at radius 2 is 0.876 bits per heavy atom. The number of aliphatic hydroxyl groups is 6. The van der Waals surface area contributed by atoms with Crippen molar-refractivity contribution < 1.29 is 64.0 Å². The lowest BCUT2D eigenvalue weighted by Gasteiger charge is -2.71. The number of unbranched alkanes of at least 4 members (excludes halogenated alkanes) is 2. The molecule has 11 rings (SSSR count). The summed E-state index contributed by atoms with van der Waals surface area (Å²) < 4.78 is 24.6. The molecule has 4 aliphatic carbocycles. The normalized spacial score (nSPS) is 20.2. The maximum absolute atomic E-state index is 15.4. The second kappa shape index (κ2) is 32.0. The van der Waals surface area contributed by atoms with Gasteiger partial charge in [-0.05, 0) is 109 Å². The van der Waals surface area contributed by atoms with Crippen LogP contribution in [0.1, 0.15) is 144 Å². The summed E-state index contributed by atoms with van der Waals surface area (Å²) >= 11 is 0. The van der Waals surface area contributed by atoms with E-state index in [9.17, 15) is 49.8 Å². The maximum atomic E-state index is 15.4. The van der Waals surface area contributed by atoms with Gasteiger partial charge in [0.05, 0.1) is 63.5 Å². The summed E-state index contributed by atoms with van der Waals surface area (Å²) in [5, 5.41) is 77.3. The molecule has 4 heterocycles. The summed E-state index contributed by atoms with van der Waals surface area (Å²) in [5.41, 5.74) is -2.37. The smallest absolute Gasteiger partial charge is 0.271 e. The number of hydrogen-bond acceptors (Lipinski definition) is 18. The van der Waals surface area contributed by atoms with Gasteiger partial charge < -0.3 is 69.2 Å². The van der Waals surface area contributed by atoms with Gasteiger partial charge in [-0.3, -0.25) is 38.2 Å². The van der Waals surface area contributed by atoms with Gasteiger partial charge in [0, 0.05) is 81.9 Å². The molecule has 0 aliphatic heterocycles. The summed E-state index contributed by atoms with van der Waals surface area (Å²) in [6.45, 7) is -0.288. The number of carbonyl (C=O) groups excluding carboxylic acids is 4. The molecule has 4 aromatic heterocycles. The van der Waals surface area contributed by atoms with E-state index in [1.165, 1.54) is 50.5 Å². The highest BCUT2D eigenvalue weighted by Gasteiger charge is 2.67. The van der Waals surface area contributed by atoms with Crippen LogP contribution in [0, 0.1) is 28.6 Å². The van der Waals surface area contributed by atoms with Crippen molar-refractivity contribution >= 4 is 23.4 Å². The molecule has 7 aromatic rings. The lowest BCUT2D eigenvalue weighted by atomic mass is 9.34. The molecule has 4 bridgehead atoms. The molecule has 24 heteroatoms. The van der Waals surface area contributed by atoms with Gasteiger partial charge in [-0.15, -0.1) is 5.10 Å². The Hall–Kier alpha value is -8.91. The highest BCUT2D eigenvalue weighted by molar-refractivity contribution is 5.98. The molecule has 516 valence electrons. The largest absolute Gasteiger partial charge is 0.483 e. The van der Waals surface area contributed by atoms with Gasteiger partial charge in [-0.25, -0.2) is 0 Å². The number of hydrogen-bond donors (Lipinski definition) is 8. The minimum absolute atomic E-state index is 0.0223. The number of nitrogens with one attached hydrogen (secondary N) is 2. The minimum atomic E-state index is -1.34. The standard InChI is InChI=1S/C73H88N8O16/c1-50-32-81(77-76-50)28-13-5-12-20-62(93)74-48-72-43-70(26-21-57(88)63-66(95-39-51-14-6-2-7-15-51)59(90)23-29-78(63)33-54(85)36-82)42-71(44-72,27-22-58(89)64-67(96-40-52-16-8-3-9-17-52)60(91)24-30-79(64)34-55(86)37-83)46-73(45-70,47-72)49-75-69(94)65-68(97-41-53-18-10-4-11-19-53)61(92)25-31-80(65)35-56(87)38-84/h2-4,6-11,14-19,23-25,29-32,54-56,82-87H,5,12-13,20-22,26-28,33-49H2,1H3,(H,74,93)(H,75,94)/t54?,55?,56?,70-,71+,72?,73?. The lowest BCUT2D eigenvalue weighted by molar-refractivity contribution is -0.202. The van der Waals surface area contributed by atoms with Crippen LogP contribution in [-0.4, -0.2) is 134 Å². The molecule has 0 spiro atoms. The zero-order chi connectivity index (χ0) is 68.7. The number of ketones is 2. The van der Waals surface area contributed by atoms with Crippen LogP contribution in [0.25, 0.3) is 0 Å². The van der Waals surface area contributed by atoms with Crippen molar-refractivity contribution in [1.29, 1.82) is 0 Å². The van der Waals surface area contributed by atoms with Gasteiger partial charge in [-0.1, -0.05) is 103 Å². The molecule has 3 aromatic carbocycles. The van der Waals surface area contributed by atoms with Crippen molar-refractivity contribution in [1.82, 2.24) is 39.3 Å². The van der Waals surface area contributed by atoms with Crippen molar-refractivity contribution in [3.63, 3.8) is 0 Å². The van der Waals surface area contributed by atoms with E-state index >= 15 is 14.4 Å². The summed E-state index contributed by atoms with van der Waals surface area (Å²) in [6.07, 6.45) is 7.14. The fraction of sp³-hybridized carbons (Fsp3) is 0.466. The number of ether oxygens (including phenoxy) is 3. The predicted octanol–water partition coefficient (Wildman–Crippen LogP) is 5.63. The van der Waals surface area contributed by atoms with Gasteiger partial charge in [-0.2, -0.15) is 0 Å². The first kappa shape index (κ1) is 70.9. The number of pyridine rings is 3. The van der Waals surface area contributed by atoms with Crippen LogP contribution in [0.5, 0.6) is 17.2 Å². The third kappa shape index (κ3) is 17.8. The number of aryl methyl sites for hydroxylation is 2. The van der Waals surface area contributed by atoms with Crippen LogP contribution in [0.3, 0.4) is 0 Å². The molecule has 4 fully saturated rings. The monoisotopic (exact) mass is 1330 g/mol. The third-order valence-corrected chi connectivity index (χ3v) is 19.2. The molecule has 24 nitrogen and oxygen atoms in total. The maximum Gasteiger partial charge on any atom is 0.271 e. The van der Waals surface area contributed by atoms with Crippen LogP contribution in [0.2, 0.25) is 0 Å². The van der Waals surface area contributed by atoms with Crippen molar-refractivity contribution in [2.75, 3.05) is 32.9 Å². The molecule has 97 heavy (non-hydrogen) atoms. The predicted molar refractivity (Wildman–Crippen MR) is 357 cm³/mol. The van der Waals surface area contributed by atoms with E-state index < -0.39 is 93.6 Å². The van der Waals surface area contributed by atoms with E-state index in [4.69, 9.17) is 14.2 Å². The first-order chi connectivity index (χ1) is 46.7. The van der Waals surface area contributed by atoms with Gasteiger partial charge >= 0.3 is 0 Å².